The zero-order valence-corrected chi connectivity index (χ0v) is 13.7. The SMILES string of the molecule is COc1ccc(-c2[nH]c3ccc(C)cc3c2C(N)=S)cc1C. The third-order valence-corrected chi connectivity index (χ3v) is 4.09. The molecule has 0 radical (unpaired) electrons. The zero-order chi connectivity index (χ0) is 15.9. The maximum Gasteiger partial charge on any atom is 0.121 e. The topological polar surface area (TPSA) is 51.0 Å². The molecule has 3 rings (SSSR count). The van der Waals surface area contributed by atoms with Crippen molar-refractivity contribution in [3.8, 4) is 17.0 Å². The molecule has 1 heterocycles. The highest BCUT2D eigenvalue weighted by Gasteiger charge is 2.16. The standard InChI is InChI=1S/C18H18N2OS/c1-10-4-6-14-13(8-10)16(18(19)22)17(20-14)12-5-7-15(21-3)11(2)9-12/h4-9,20H,1-3H3,(H2,19,22). The fraction of sp³-hybridized carbons (Fsp3) is 0.167. The summed E-state index contributed by atoms with van der Waals surface area (Å²) >= 11 is 5.29. The van der Waals surface area contributed by atoms with Crippen LogP contribution in [0.5, 0.6) is 5.75 Å². The molecule has 3 nitrogen and oxygen atoms in total. The molecule has 0 saturated heterocycles. The number of thiocarbonyl (C=S) groups is 1. The fourth-order valence-electron chi connectivity index (χ4n) is 2.81. The van der Waals surface area contributed by atoms with E-state index in [9.17, 15) is 0 Å². The van der Waals surface area contributed by atoms with Crippen molar-refractivity contribution in [2.24, 2.45) is 5.73 Å². The van der Waals surface area contributed by atoms with Crippen molar-refractivity contribution in [1.82, 2.24) is 4.98 Å². The number of aromatic nitrogens is 1. The first-order chi connectivity index (χ1) is 10.5. The van der Waals surface area contributed by atoms with Crippen molar-refractivity contribution in [3.63, 3.8) is 0 Å². The number of ether oxygens (including phenoxy) is 1. The normalized spacial score (nSPS) is 10.9. The van der Waals surface area contributed by atoms with Crippen LogP contribution in [-0.4, -0.2) is 17.1 Å². The van der Waals surface area contributed by atoms with Crippen LogP contribution in [-0.2, 0) is 0 Å². The second kappa shape index (κ2) is 5.46. The van der Waals surface area contributed by atoms with Gasteiger partial charge in [0, 0.05) is 16.5 Å². The lowest BCUT2D eigenvalue weighted by Crippen LogP contribution is -2.10. The van der Waals surface area contributed by atoms with Crippen molar-refractivity contribution >= 4 is 28.1 Å². The Morgan fingerprint density at radius 2 is 1.91 bits per heavy atom. The van der Waals surface area contributed by atoms with Gasteiger partial charge in [0.1, 0.15) is 10.7 Å². The van der Waals surface area contributed by atoms with Crippen LogP contribution in [0, 0.1) is 13.8 Å². The first-order valence-corrected chi connectivity index (χ1v) is 7.49. The molecule has 0 unspecified atom stereocenters. The number of nitrogens with two attached hydrogens (primary N) is 1. The van der Waals surface area contributed by atoms with Gasteiger partial charge < -0.3 is 15.5 Å². The average molecular weight is 310 g/mol. The summed E-state index contributed by atoms with van der Waals surface area (Å²) in [6, 6.07) is 12.3. The molecule has 0 fully saturated rings. The number of benzene rings is 2. The predicted molar refractivity (Wildman–Crippen MR) is 95.6 cm³/mol. The molecule has 22 heavy (non-hydrogen) atoms. The number of fused-ring (bicyclic) bond motifs is 1. The van der Waals surface area contributed by atoms with E-state index in [0.717, 1.165) is 39.0 Å². The minimum Gasteiger partial charge on any atom is -0.496 e. The third-order valence-electron chi connectivity index (χ3n) is 3.88. The lowest BCUT2D eigenvalue weighted by atomic mass is 10.0. The van der Waals surface area contributed by atoms with Gasteiger partial charge in [-0.05, 0) is 55.3 Å². The van der Waals surface area contributed by atoms with Crippen molar-refractivity contribution in [2.45, 2.75) is 13.8 Å². The van der Waals surface area contributed by atoms with E-state index in [4.69, 9.17) is 22.7 Å². The summed E-state index contributed by atoms with van der Waals surface area (Å²) in [5.74, 6) is 0.868. The van der Waals surface area contributed by atoms with Gasteiger partial charge in [-0.1, -0.05) is 23.8 Å². The van der Waals surface area contributed by atoms with Gasteiger partial charge in [0.2, 0.25) is 0 Å². The van der Waals surface area contributed by atoms with Crippen LogP contribution in [0.25, 0.3) is 22.2 Å². The van der Waals surface area contributed by atoms with Gasteiger partial charge in [-0.25, -0.2) is 0 Å². The summed E-state index contributed by atoms with van der Waals surface area (Å²) in [5.41, 5.74) is 12.2. The van der Waals surface area contributed by atoms with Crippen LogP contribution in [0.15, 0.2) is 36.4 Å². The van der Waals surface area contributed by atoms with Gasteiger partial charge in [0.15, 0.2) is 0 Å². The quantitative estimate of drug-likeness (QED) is 0.716. The Balaban J connectivity index is 2.28. The molecule has 0 saturated carbocycles. The second-order valence-electron chi connectivity index (χ2n) is 5.47. The van der Waals surface area contributed by atoms with E-state index in [2.05, 4.69) is 36.2 Å². The number of rotatable bonds is 3. The highest BCUT2D eigenvalue weighted by atomic mass is 32.1. The largest absolute Gasteiger partial charge is 0.496 e. The summed E-state index contributed by atoms with van der Waals surface area (Å²) in [6.45, 7) is 4.09. The summed E-state index contributed by atoms with van der Waals surface area (Å²) in [5, 5.41) is 1.07. The van der Waals surface area contributed by atoms with Gasteiger partial charge in [0.25, 0.3) is 0 Å². The predicted octanol–water partition coefficient (Wildman–Crippen LogP) is 4.09. The zero-order valence-electron chi connectivity index (χ0n) is 12.9. The molecular weight excluding hydrogens is 292 g/mol. The van der Waals surface area contributed by atoms with E-state index in [1.54, 1.807) is 7.11 Å². The highest BCUT2D eigenvalue weighted by molar-refractivity contribution is 7.80. The van der Waals surface area contributed by atoms with Crippen molar-refractivity contribution < 1.29 is 4.74 Å². The maximum absolute atomic E-state index is 5.99. The molecule has 2 aromatic carbocycles. The van der Waals surface area contributed by atoms with Gasteiger partial charge in [0.05, 0.1) is 12.8 Å². The fourth-order valence-corrected chi connectivity index (χ4v) is 3.02. The van der Waals surface area contributed by atoms with Crippen LogP contribution in [0.2, 0.25) is 0 Å². The van der Waals surface area contributed by atoms with Crippen molar-refractivity contribution in [3.05, 3.63) is 53.1 Å². The van der Waals surface area contributed by atoms with Crippen LogP contribution >= 0.6 is 12.2 Å². The molecule has 0 aliphatic rings. The number of methoxy groups -OCH3 is 1. The van der Waals surface area contributed by atoms with Gasteiger partial charge >= 0.3 is 0 Å². The molecule has 112 valence electrons. The minimum absolute atomic E-state index is 0.403. The molecule has 0 bridgehead atoms. The Hall–Kier alpha value is -2.33. The third kappa shape index (κ3) is 2.35. The monoisotopic (exact) mass is 310 g/mol. The van der Waals surface area contributed by atoms with E-state index in [1.165, 1.54) is 5.56 Å². The molecule has 4 heteroatoms. The second-order valence-corrected chi connectivity index (χ2v) is 5.91. The number of H-pyrrole nitrogens is 1. The first kappa shape index (κ1) is 14.6. The molecule has 1 aromatic heterocycles. The van der Waals surface area contributed by atoms with Crippen LogP contribution < -0.4 is 10.5 Å². The highest BCUT2D eigenvalue weighted by Crippen LogP contribution is 2.33. The van der Waals surface area contributed by atoms with Crippen LogP contribution in [0.1, 0.15) is 16.7 Å². The summed E-state index contributed by atoms with van der Waals surface area (Å²) in [4.78, 5) is 3.85. The molecule has 3 N–H and O–H groups in total. The summed E-state index contributed by atoms with van der Waals surface area (Å²) in [6.07, 6.45) is 0. The molecular formula is C18H18N2OS. The molecule has 0 amide bonds. The molecule has 3 aromatic rings. The lowest BCUT2D eigenvalue weighted by Gasteiger charge is -2.08. The van der Waals surface area contributed by atoms with Crippen LogP contribution in [0.4, 0.5) is 0 Å². The number of nitrogens with one attached hydrogen (secondary N) is 1. The van der Waals surface area contributed by atoms with Crippen LogP contribution in [0.3, 0.4) is 0 Å². The Labute approximate surface area is 135 Å². The van der Waals surface area contributed by atoms with E-state index in [0.29, 0.717) is 4.99 Å². The molecule has 0 spiro atoms. The van der Waals surface area contributed by atoms with E-state index >= 15 is 0 Å². The summed E-state index contributed by atoms with van der Waals surface area (Å²) in [7, 11) is 1.67. The maximum atomic E-state index is 5.99. The van der Waals surface area contributed by atoms with Gasteiger partial charge in [-0.2, -0.15) is 0 Å². The minimum atomic E-state index is 0.403. The lowest BCUT2D eigenvalue weighted by molar-refractivity contribution is 0.412. The van der Waals surface area contributed by atoms with E-state index < -0.39 is 0 Å². The first-order valence-electron chi connectivity index (χ1n) is 7.08. The summed E-state index contributed by atoms with van der Waals surface area (Å²) < 4.78 is 5.33. The van der Waals surface area contributed by atoms with E-state index in [-0.39, 0.29) is 0 Å². The number of aromatic amines is 1. The average Bonchev–Trinajstić information content (AvgIpc) is 2.85. The number of aryl methyl sites for hydroxylation is 2. The van der Waals surface area contributed by atoms with Gasteiger partial charge in [-0.3, -0.25) is 0 Å². The van der Waals surface area contributed by atoms with Crippen molar-refractivity contribution in [2.75, 3.05) is 7.11 Å². The molecule has 0 aliphatic carbocycles. The Kier molecular flexibility index (Phi) is 3.62. The van der Waals surface area contributed by atoms with Crippen molar-refractivity contribution in [1.29, 1.82) is 0 Å². The molecule has 0 aliphatic heterocycles. The number of hydrogen-bond donors (Lipinski definition) is 2. The Morgan fingerprint density at radius 1 is 1.14 bits per heavy atom. The Morgan fingerprint density at radius 3 is 2.55 bits per heavy atom. The number of hydrogen-bond acceptors (Lipinski definition) is 2. The smallest absolute Gasteiger partial charge is 0.121 e. The van der Waals surface area contributed by atoms with E-state index in [1.807, 2.05) is 19.1 Å². The Bertz CT molecular complexity index is 880. The van der Waals surface area contributed by atoms with Gasteiger partial charge in [-0.15, -0.1) is 0 Å². The molecule has 0 atom stereocenters.